The molecule has 1 aliphatic heterocycles. The number of hydrogen-bond acceptors (Lipinski definition) is 3. The summed E-state index contributed by atoms with van der Waals surface area (Å²) in [5, 5.41) is 19.2. The molecule has 1 fully saturated rings. The van der Waals surface area contributed by atoms with Crippen molar-refractivity contribution in [2.24, 2.45) is 0 Å². The highest BCUT2D eigenvalue weighted by molar-refractivity contribution is 5.97. The first kappa shape index (κ1) is 14.2. The Hall–Kier alpha value is -1.74. The highest BCUT2D eigenvalue weighted by Crippen LogP contribution is 2.30. The molecule has 3 rings (SSSR count). The van der Waals surface area contributed by atoms with Crippen molar-refractivity contribution in [3.05, 3.63) is 36.4 Å². The van der Waals surface area contributed by atoms with Crippen LogP contribution in [0.3, 0.4) is 0 Å². The van der Waals surface area contributed by atoms with Gasteiger partial charge >= 0.3 is 0 Å². The molecular formula is C18H24N2O. The molecule has 1 heterocycles. The van der Waals surface area contributed by atoms with E-state index in [0.29, 0.717) is 17.8 Å². The number of fused-ring (bicyclic) bond motifs is 1. The lowest BCUT2D eigenvalue weighted by molar-refractivity contribution is 0.371. The third-order valence-corrected chi connectivity index (χ3v) is 4.35. The highest BCUT2D eigenvalue weighted by atomic mass is 16.3. The van der Waals surface area contributed by atoms with Crippen LogP contribution in [0.25, 0.3) is 10.8 Å². The van der Waals surface area contributed by atoms with E-state index in [0.717, 1.165) is 29.4 Å². The van der Waals surface area contributed by atoms with E-state index in [1.165, 1.54) is 19.3 Å². The average Bonchev–Trinajstić information content (AvgIpc) is 2.49. The van der Waals surface area contributed by atoms with Crippen LogP contribution >= 0.6 is 0 Å². The van der Waals surface area contributed by atoms with Crippen molar-refractivity contribution in [2.45, 2.75) is 44.7 Å². The van der Waals surface area contributed by atoms with Gasteiger partial charge in [0, 0.05) is 28.5 Å². The van der Waals surface area contributed by atoms with E-state index in [4.69, 9.17) is 0 Å². The van der Waals surface area contributed by atoms with Gasteiger partial charge in [-0.15, -0.1) is 0 Å². The fourth-order valence-corrected chi connectivity index (χ4v) is 3.30. The van der Waals surface area contributed by atoms with Gasteiger partial charge in [0.25, 0.3) is 0 Å². The Morgan fingerprint density at radius 1 is 1.19 bits per heavy atom. The zero-order valence-electron chi connectivity index (χ0n) is 12.6. The molecule has 1 aliphatic rings. The number of anilines is 1. The maximum absolute atomic E-state index is 9.95. The minimum atomic E-state index is 0.345. The number of rotatable bonds is 4. The van der Waals surface area contributed by atoms with Crippen LogP contribution in [0.15, 0.2) is 36.4 Å². The van der Waals surface area contributed by atoms with Gasteiger partial charge in [-0.2, -0.15) is 0 Å². The van der Waals surface area contributed by atoms with Crippen molar-refractivity contribution in [1.29, 1.82) is 0 Å². The number of phenolic OH excluding ortho intramolecular Hbond substituents is 1. The van der Waals surface area contributed by atoms with Crippen LogP contribution < -0.4 is 10.6 Å². The number of piperidine rings is 1. The van der Waals surface area contributed by atoms with Crippen molar-refractivity contribution in [1.82, 2.24) is 5.32 Å². The van der Waals surface area contributed by atoms with E-state index in [1.54, 1.807) is 6.07 Å². The molecule has 2 unspecified atom stereocenters. The Balaban J connectivity index is 1.73. The number of hydrogen-bond donors (Lipinski definition) is 3. The molecule has 2 atom stereocenters. The molecule has 2 aromatic carbocycles. The van der Waals surface area contributed by atoms with Crippen LogP contribution in [0, 0.1) is 0 Å². The van der Waals surface area contributed by atoms with Gasteiger partial charge in [0.05, 0.1) is 0 Å². The van der Waals surface area contributed by atoms with Gasteiger partial charge in [0.2, 0.25) is 0 Å². The molecule has 0 amide bonds. The number of nitrogens with one attached hydrogen (secondary N) is 2. The smallest absolute Gasteiger partial charge is 0.123 e. The van der Waals surface area contributed by atoms with Gasteiger partial charge in [-0.3, -0.25) is 0 Å². The molecule has 0 spiro atoms. The summed E-state index contributed by atoms with van der Waals surface area (Å²) in [6.07, 6.45) is 5.06. The first-order chi connectivity index (χ1) is 10.2. The van der Waals surface area contributed by atoms with E-state index in [2.05, 4.69) is 29.7 Å². The van der Waals surface area contributed by atoms with Gasteiger partial charge in [0.1, 0.15) is 5.75 Å². The Kier molecular flexibility index (Phi) is 4.30. The summed E-state index contributed by atoms with van der Waals surface area (Å²) in [6, 6.07) is 12.8. The minimum absolute atomic E-state index is 0.345. The van der Waals surface area contributed by atoms with Crippen molar-refractivity contribution in [2.75, 3.05) is 11.9 Å². The van der Waals surface area contributed by atoms with Gasteiger partial charge in [-0.1, -0.05) is 30.7 Å². The molecule has 2 aromatic rings. The molecule has 3 heteroatoms. The molecule has 3 N–H and O–H groups in total. The molecule has 1 saturated heterocycles. The summed E-state index contributed by atoms with van der Waals surface area (Å²) in [5.74, 6) is 0.345. The molecule has 0 aliphatic carbocycles. The SMILES string of the molecule is CC(CC1CCCCN1)Nc1cccc2c(O)cccc12. The first-order valence-corrected chi connectivity index (χ1v) is 7.94. The predicted molar refractivity (Wildman–Crippen MR) is 89.0 cm³/mol. The van der Waals surface area contributed by atoms with Crippen LogP contribution in [0.2, 0.25) is 0 Å². The van der Waals surface area contributed by atoms with Crippen molar-refractivity contribution in [3.8, 4) is 5.75 Å². The van der Waals surface area contributed by atoms with Crippen LogP contribution in [0.1, 0.15) is 32.6 Å². The number of aromatic hydroxyl groups is 1. The van der Waals surface area contributed by atoms with Gasteiger partial charge in [0.15, 0.2) is 0 Å². The van der Waals surface area contributed by atoms with Crippen molar-refractivity contribution in [3.63, 3.8) is 0 Å². The summed E-state index contributed by atoms with van der Waals surface area (Å²) < 4.78 is 0. The summed E-state index contributed by atoms with van der Waals surface area (Å²) >= 11 is 0. The van der Waals surface area contributed by atoms with E-state index >= 15 is 0 Å². The third-order valence-electron chi connectivity index (χ3n) is 4.35. The maximum Gasteiger partial charge on any atom is 0.123 e. The molecule has 0 bridgehead atoms. The van der Waals surface area contributed by atoms with Crippen LogP contribution in [0.4, 0.5) is 5.69 Å². The third kappa shape index (κ3) is 3.30. The van der Waals surface area contributed by atoms with Crippen molar-refractivity contribution >= 4 is 16.5 Å². The van der Waals surface area contributed by atoms with Crippen molar-refractivity contribution < 1.29 is 5.11 Å². The zero-order chi connectivity index (χ0) is 14.7. The van der Waals surface area contributed by atoms with E-state index in [9.17, 15) is 5.11 Å². The lowest BCUT2D eigenvalue weighted by atomic mass is 9.98. The summed E-state index contributed by atoms with van der Waals surface area (Å²) in [5.41, 5.74) is 1.10. The molecule has 0 aromatic heterocycles. The Labute approximate surface area is 126 Å². The molecule has 3 nitrogen and oxygen atoms in total. The lowest BCUT2D eigenvalue weighted by Gasteiger charge is -2.27. The maximum atomic E-state index is 9.95. The second kappa shape index (κ2) is 6.35. The minimum Gasteiger partial charge on any atom is -0.507 e. The zero-order valence-corrected chi connectivity index (χ0v) is 12.6. The van der Waals surface area contributed by atoms with Gasteiger partial charge in [-0.05, 0) is 44.9 Å². The Morgan fingerprint density at radius 2 is 2.00 bits per heavy atom. The second-order valence-electron chi connectivity index (χ2n) is 6.11. The molecule has 112 valence electrons. The summed E-state index contributed by atoms with van der Waals surface area (Å²) in [4.78, 5) is 0. The predicted octanol–water partition coefficient (Wildman–Crippen LogP) is 3.88. The van der Waals surface area contributed by atoms with Crippen LogP contribution in [0.5, 0.6) is 5.75 Å². The summed E-state index contributed by atoms with van der Waals surface area (Å²) in [7, 11) is 0. The Bertz CT molecular complexity index is 605. The fraction of sp³-hybridized carbons (Fsp3) is 0.444. The quantitative estimate of drug-likeness (QED) is 0.798. The topological polar surface area (TPSA) is 44.3 Å². The normalized spacial score (nSPS) is 20.3. The second-order valence-corrected chi connectivity index (χ2v) is 6.11. The Morgan fingerprint density at radius 3 is 2.81 bits per heavy atom. The van der Waals surface area contributed by atoms with E-state index < -0.39 is 0 Å². The van der Waals surface area contributed by atoms with E-state index in [1.807, 2.05) is 18.2 Å². The molecule has 21 heavy (non-hydrogen) atoms. The lowest BCUT2D eigenvalue weighted by Crippen LogP contribution is -2.37. The van der Waals surface area contributed by atoms with E-state index in [-0.39, 0.29) is 0 Å². The molecular weight excluding hydrogens is 260 g/mol. The first-order valence-electron chi connectivity index (χ1n) is 7.94. The monoisotopic (exact) mass is 284 g/mol. The molecule has 0 radical (unpaired) electrons. The van der Waals surface area contributed by atoms with Crippen LogP contribution in [-0.2, 0) is 0 Å². The summed E-state index contributed by atoms with van der Waals surface area (Å²) in [6.45, 7) is 3.39. The largest absolute Gasteiger partial charge is 0.507 e. The number of benzene rings is 2. The van der Waals surface area contributed by atoms with Gasteiger partial charge in [-0.25, -0.2) is 0 Å². The highest BCUT2D eigenvalue weighted by Gasteiger charge is 2.16. The number of phenols is 1. The standard InChI is InChI=1S/C18H24N2O/c1-13(12-14-6-2-3-11-19-14)20-17-9-4-8-16-15(17)7-5-10-18(16)21/h4-5,7-10,13-14,19-21H,2-3,6,11-12H2,1H3. The average molecular weight is 284 g/mol. The fourth-order valence-electron chi connectivity index (χ4n) is 3.30. The van der Waals surface area contributed by atoms with Gasteiger partial charge < -0.3 is 15.7 Å². The molecule has 0 saturated carbocycles. The van der Waals surface area contributed by atoms with Crippen LogP contribution in [-0.4, -0.2) is 23.7 Å².